The molecule has 1 aromatic carbocycles. The maximum Gasteiger partial charge on any atom is 0.0850 e. The minimum atomic E-state index is -0.312. The molecule has 0 spiro atoms. The van der Waals surface area contributed by atoms with Crippen LogP contribution < -0.4 is 0 Å². The van der Waals surface area contributed by atoms with E-state index in [1.807, 2.05) is 6.07 Å². The molecule has 0 amide bonds. The molecule has 0 aliphatic heterocycles. The number of benzene rings is 1. The lowest BCUT2D eigenvalue weighted by atomic mass is 9.80. The first kappa shape index (κ1) is 13.1. The van der Waals surface area contributed by atoms with Gasteiger partial charge in [-0.25, -0.2) is 0 Å². The number of hydrogen-bond acceptors (Lipinski definition) is 2. The van der Waals surface area contributed by atoms with E-state index in [9.17, 15) is 5.26 Å². The topological polar surface area (TPSA) is 33.0 Å². The molecule has 1 aromatic rings. The molecule has 1 unspecified atom stereocenters. The van der Waals surface area contributed by atoms with E-state index in [1.54, 1.807) is 0 Å². The van der Waals surface area contributed by atoms with Gasteiger partial charge in [-0.1, -0.05) is 38.1 Å². The Balaban J connectivity index is 2.03. The zero-order valence-electron chi connectivity index (χ0n) is 11.3. The summed E-state index contributed by atoms with van der Waals surface area (Å²) in [6, 6.07) is 10.9. The summed E-state index contributed by atoms with van der Waals surface area (Å²) in [4.78, 5) is 0. The molecular weight excluding hydrogens is 222 g/mol. The van der Waals surface area contributed by atoms with Crippen molar-refractivity contribution < 1.29 is 4.74 Å². The molecule has 96 valence electrons. The molecule has 0 fully saturated rings. The Labute approximate surface area is 110 Å². The van der Waals surface area contributed by atoms with Crippen molar-refractivity contribution in [2.45, 2.75) is 38.5 Å². The molecule has 18 heavy (non-hydrogen) atoms. The smallest absolute Gasteiger partial charge is 0.0850 e. The van der Waals surface area contributed by atoms with Crippen molar-refractivity contribution in [3.63, 3.8) is 0 Å². The molecule has 2 nitrogen and oxygen atoms in total. The number of nitrogens with zero attached hydrogens (tertiary/aromatic N) is 1. The number of aryl methyl sites for hydroxylation is 1. The van der Waals surface area contributed by atoms with E-state index >= 15 is 0 Å². The summed E-state index contributed by atoms with van der Waals surface area (Å²) < 4.78 is 5.65. The van der Waals surface area contributed by atoms with Crippen LogP contribution in [0.4, 0.5) is 0 Å². The third kappa shape index (κ3) is 2.57. The van der Waals surface area contributed by atoms with Crippen molar-refractivity contribution in [2.24, 2.45) is 5.92 Å². The van der Waals surface area contributed by atoms with E-state index in [0.29, 0.717) is 12.5 Å². The summed E-state index contributed by atoms with van der Waals surface area (Å²) in [6.45, 7) is 5.75. The summed E-state index contributed by atoms with van der Waals surface area (Å²) in [5.41, 5.74) is 2.25. The van der Waals surface area contributed by atoms with Crippen LogP contribution in [0.3, 0.4) is 0 Å². The number of rotatable bonds is 5. The van der Waals surface area contributed by atoms with Crippen LogP contribution in [0.5, 0.6) is 0 Å². The highest BCUT2D eigenvalue weighted by molar-refractivity contribution is 5.43. The number of hydrogen-bond donors (Lipinski definition) is 0. The first-order valence-electron chi connectivity index (χ1n) is 6.75. The van der Waals surface area contributed by atoms with E-state index in [2.05, 4.69) is 38.1 Å². The van der Waals surface area contributed by atoms with Crippen LogP contribution in [-0.4, -0.2) is 13.2 Å². The van der Waals surface area contributed by atoms with Gasteiger partial charge < -0.3 is 4.74 Å². The van der Waals surface area contributed by atoms with Crippen LogP contribution in [-0.2, 0) is 16.6 Å². The fourth-order valence-corrected chi connectivity index (χ4v) is 2.69. The third-order valence-corrected chi connectivity index (χ3v) is 3.69. The minimum absolute atomic E-state index is 0.312. The van der Waals surface area contributed by atoms with Gasteiger partial charge in [-0.2, -0.15) is 5.26 Å². The van der Waals surface area contributed by atoms with E-state index < -0.39 is 0 Å². The van der Waals surface area contributed by atoms with Gasteiger partial charge in [-0.3, -0.25) is 0 Å². The van der Waals surface area contributed by atoms with Gasteiger partial charge in [0.15, 0.2) is 0 Å². The monoisotopic (exact) mass is 243 g/mol. The quantitative estimate of drug-likeness (QED) is 0.742. The Morgan fingerprint density at radius 3 is 2.89 bits per heavy atom. The first-order chi connectivity index (χ1) is 8.68. The lowest BCUT2D eigenvalue weighted by molar-refractivity contribution is 0.0982. The lowest BCUT2D eigenvalue weighted by Gasteiger charge is -2.22. The van der Waals surface area contributed by atoms with Gasteiger partial charge in [0, 0.05) is 13.2 Å². The first-order valence-corrected chi connectivity index (χ1v) is 6.75. The van der Waals surface area contributed by atoms with Crippen LogP contribution in [0.2, 0.25) is 0 Å². The van der Waals surface area contributed by atoms with Gasteiger partial charge in [-0.15, -0.1) is 0 Å². The fourth-order valence-electron chi connectivity index (χ4n) is 2.69. The predicted molar refractivity (Wildman–Crippen MR) is 72.3 cm³/mol. The fraction of sp³-hybridized carbons (Fsp3) is 0.562. The Hall–Kier alpha value is -1.33. The zero-order chi connectivity index (χ0) is 13.0. The summed E-state index contributed by atoms with van der Waals surface area (Å²) >= 11 is 0. The van der Waals surface area contributed by atoms with E-state index in [-0.39, 0.29) is 5.41 Å². The van der Waals surface area contributed by atoms with Crippen LogP contribution in [0.1, 0.15) is 37.8 Å². The Bertz CT molecular complexity index is 447. The van der Waals surface area contributed by atoms with E-state index in [4.69, 9.17) is 4.74 Å². The molecule has 0 aromatic heterocycles. The van der Waals surface area contributed by atoms with Gasteiger partial charge in [0.2, 0.25) is 0 Å². The van der Waals surface area contributed by atoms with Crippen molar-refractivity contribution in [1.29, 1.82) is 5.26 Å². The maximum atomic E-state index is 9.57. The molecule has 0 heterocycles. The number of ether oxygens (including phenoxy) is 1. The minimum Gasteiger partial charge on any atom is -0.381 e. The molecule has 2 heteroatoms. The average Bonchev–Trinajstić information content (AvgIpc) is 2.75. The summed E-state index contributed by atoms with van der Waals surface area (Å²) in [5.74, 6) is 0.555. The van der Waals surface area contributed by atoms with Gasteiger partial charge in [0.1, 0.15) is 0 Å². The highest BCUT2D eigenvalue weighted by Crippen LogP contribution is 2.40. The third-order valence-electron chi connectivity index (χ3n) is 3.69. The van der Waals surface area contributed by atoms with E-state index in [1.165, 1.54) is 11.1 Å². The molecule has 0 saturated carbocycles. The SMILES string of the molecule is CC(C)COCCC1(C#N)CCc2ccccc21. The molecule has 1 atom stereocenters. The molecule has 0 bridgehead atoms. The van der Waals surface area contributed by atoms with Crippen LogP contribution >= 0.6 is 0 Å². The van der Waals surface area contributed by atoms with Crippen molar-refractivity contribution in [2.75, 3.05) is 13.2 Å². The molecule has 1 aliphatic carbocycles. The number of fused-ring (bicyclic) bond motifs is 1. The largest absolute Gasteiger partial charge is 0.381 e. The van der Waals surface area contributed by atoms with E-state index in [0.717, 1.165) is 25.9 Å². The van der Waals surface area contributed by atoms with Gasteiger partial charge in [0.25, 0.3) is 0 Å². The molecule has 0 radical (unpaired) electrons. The number of nitriles is 1. The standard InChI is InChI=1S/C16H21NO/c1-13(2)11-18-10-9-16(12-17)8-7-14-5-3-4-6-15(14)16/h3-6,13H,7-11H2,1-2H3. The van der Waals surface area contributed by atoms with Crippen LogP contribution in [0.15, 0.2) is 24.3 Å². The van der Waals surface area contributed by atoms with Crippen molar-refractivity contribution in [1.82, 2.24) is 0 Å². The Morgan fingerprint density at radius 2 is 2.17 bits per heavy atom. The molecule has 2 rings (SSSR count). The predicted octanol–water partition coefficient (Wildman–Crippen LogP) is 3.46. The molecule has 1 aliphatic rings. The van der Waals surface area contributed by atoms with Crippen molar-refractivity contribution in [3.05, 3.63) is 35.4 Å². The van der Waals surface area contributed by atoms with Crippen molar-refractivity contribution >= 4 is 0 Å². The molecule has 0 saturated heterocycles. The Kier molecular flexibility index (Phi) is 4.04. The van der Waals surface area contributed by atoms with Crippen molar-refractivity contribution in [3.8, 4) is 6.07 Å². The van der Waals surface area contributed by atoms with Gasteiger partial charge in [0.05, 0.1) is 11.5 Å². The molecule has 0 N–H and O–H groups in total. The highest BCUT2D eigenvalue weighted by atomic mass is 16.5. The zero-order valence-corrected chi connectivity index (χ0v) is 11.3. The van der Waals surface area contributed by atoms with Gasteiger partial charge in [-0.05, 0) is 36.3 Å². The summed E-state index contributed by atoms with van der Waals surface area (Å²) in [7, 11) is 0. The maximum absolute atomic E-state index is 9.57. The normalized spacial score (nSPS) is 21.9. The second-order valence-corrected chi connectivity index (χ2v) is 5.57. The summed E-state index contributed by atoms with van der Waals surface area (Å²) in [5, 5.41) is 9.57. The average molecular weight is 243 g/mol. The second kappa shape index (κ2) is 5.54. The highest BCUT2D eigenvalue weighted by Gasteiger charge is 2.38. The van der Waals surface area contributed by atoms with Crippen LogP contribution in [0.25, 0.3) is 0 Å². The Morgan fingerprint density at radius 1 is 1.39 bits per heavy atom. The van der Waals surface area contributed by atoms with Crippen LogP contribution in [0, 0.1) is 17.2 Å². The summed E-state index contributed by atoms with van der Waals surface area (Å²) in [6.07, 6.45) is 2.77. The van der Waals surface area contributed by atoms with Gasteiger partial charge >= 0.3 is 0 Å². The lowest BCUT2D eigenvalue weighted by Crippen LogP contribution is -2.23. The second-order valence-electron chi connectivity index (χ2n) is 5.57. The molecular formula is C16H21NO.